The van der Waals surface area contributed by atoms with Crippen molar-refractivity contribution in [3.8, 4) is 0 Å². The van der Waals surface area contributed by atoms with Crippen molar-refractivity contribution in [2.45, 2.75) is 39.7 Å². The van der Waals surface area contributed by atoms with Crippen LogP contribution in [-0.4, -0.2) is 27.7 Å². The number of rotatable bonds is 6. The second kappa shape index (κ2) is 6.30. The molecule has 19 heavy (non-hydrogen) atoms. The lowest BCUT2D eigenvalue weighted by molar-refractivity contribution is 0.166. The Hall–Kier alpha value is -1.20. The maximum atomic E-state index is 9.39. The van der Waals surface area contributed by atoms with Crippen LogP contribution in [0.2, 0.25) is 0 Å². The van der Waals surface area contributed by atoms with E-state index in [1.165, 1.54) is 0 Å². The highest BCUT2D eigenvalue weighted by molar-refractivity contribution is 7.16. The Kier molecular flexibility index (Phi) is 4.71. The number of hydrogen-bond acceptors (Lipinski definition) is 5. The van der Waals surface area contributed by atoms with Gasteiger partial charge in [0.1, 0.15) is 16.5 Å². The van der Waals surface area contributed by atoms with Crippen molar-refractivity contribution in [3.05, 3.63) is 17.3 Å². The SMILES string of the molecule is CCc1nc(NCC(C)CC(C)O)c2ccsc2n1. The summed E-state index contributed by atoms with van der Waals surface area (Å²) in [5.41, 5.74) is 0. The Balaban J connectivity index is 2.13. The molecule has 0 aromatic carbocycles. The lowest BCUT2D eigenvalue weighted by Crippen LogP contribution is -2.17. The molecule has 0 radical (unpaired) electrons. The topological polar surface area (TPSA) is 58.0 Å². The maximum Gasteiger partial charge on any atom is 0.138 e. The second-order valence-electron chi connectivity index (χ2n) is 5.05. The molecule has 2 aromatic rings. The van der Waals surface area contributed by atoms with Crippen molar-refractivity contribution in [3.63, 3.8) is 0 Å². The Labute approximate surface area is 117 Å². The molecule has 2 aromatic heterocycles. The molecule has 0 fully saturated rings. The van der Waals surface area contributed by atoms with E-state index in [0.29, 0.717) is 5.92 Å². The third-order valence-corrected chi connectivity index (χ3v) is 3.86. The van der Waals surface area contributed by atoms with E-state index in [0.717, 1.165) is 41.2 Å². The highest BCUT2D eigenvalue weighted by atomic mass is 32.1. The molecule has 0 saturated heterocycles. The molecule has 0 bridgehead atoms. The van der Waals surface area contributed by atoms with Gasteiger partial charge in [0.15, 0.2) is 0 Å². The van der Waals surface area contributed by atoms with Gasteiger partial charge in [-0.05, 0) is 30.7 Å². The number of thiophene rings is 1. The molecular formula is C14H21N3OS. The zero-order valence-electron chi connectivity index (χ0n) is 11.7. The molecule has 0 spiro atoms. The Morgan fingerprint density at radius 1 is 1.37 bits per heavy atom. The molecule has 2 unspecified atom stereocenters. The Bertz CT molecular complexity index is 538. The summed E-state index contributed by atoms with van der Waals surface area (Å²) in [4.78, 5) is 10.1. The van der Waals surface area contributed by atoms with Crippen LogP contribution >= 0.6 is 11.3 Å². The van der Waals surface area contributed by atoms with Gasteiger partial charge in [-0.25, -0.2) is 9.97 Å². The molecule has 2 N–H and O–H groups in total. The summed E-state index contributed by atoms with van der Waals surface area (Å²) in [6, 6.07) is 2.06. The summed E-state index contributed by atoms with van der Waals surface area (Å²) in [5, 5.41) is 15.9. The second-order valence-corrected chi connectivity index (χ2v) is 5.95. The summed E-state index contributed by atoms with van der Waals surface area (Å²) in [6.07, 6.45) is 1.38. The lowest BCUT2D eigenvalue weighted by Gasteiger charge is -2.15. The average Bonchev–Trinajstić information content (AvgIpc) is 2.82. The minimum Gasteiger partial charge on any atom is -0.393 e. The van der Waals surface area contributed by atoms with Crippen molar-refractivity contribution in [2.75, 3.05) is 11.9 Å². The third kappa shape index (κ3) is 3.64. The van der Waals surface area contributed by atoms with E-state index in [1.54, 1.807) is 11.3 Å². The number of aryl methyl sites for hydroxylation is 1. The number of aliphatic hydroxyl groups is 1. The van der Waals surface area contributed by atoms with Crippen LogP contribution in [0.5, 0.6) is 0 Å². The average molecular weight is 279 g/mol. The number of fused-ring (bicyclic) bond motifs is 1. The van der Waals surface area contributed by atoms with E-state index >= 15 is 0 Å². The lowest BCUT2D eigenvalue weighted by atomic mass is 10.0. The number of nitrogens with one attached hydrogen (secondary N) is 1. The Morgan fingerprint density at radius 3 is 2.84 bits per heavy atom. The fourth-order valence-corrected chi connectivity index (χ4v) is 2.91. The number of aliphatic hydroxyl groups excluding tert-OH is 1. The van der Waals surface area contributed by atoms with Gasteiger partial charge in [-0.15, -0.1) is 11.3 Å². The monoisotopic (exact) mass is 279 g/mol. The minimum absolute atomic E-state index is 0.255. The zero-order valence-corrected chi connectivity index (χ0v) is 12.5. The first-order chi connectivity index (χ1) is 9.10. The molecule has 5 heteroatoms. The first-order valence-electron chi connectivity index (χ1n) is 6.76. The summed E-state index contributed by atoms with van der Waals surface area (Å²) >= 11 is 1.64. The predicted molar refractivity (Wildman–Crippen MR) is 80.7 cm³/mol. The number of hydrogen-bond donors (Lipinski definition) is 2. The smallest absolute Gasteiger partial charge is 0.138 e. The molecule has 0 aliphatic heterocycles. The van der Waals surface area contributed by atoms with E-state index in [-0.39, 0.29) is 6.10 Å². The highest BCUT2D eigenvalue weighted by Gasteiger charge is 2.10. The van der Waals surface area contributed by atoms with Crippen LogP contribution in [0.1, 0.15) is 33.0 Å². The highest BCUT2D eigenvalue weighted by Crippen LogP contribution is 2.25. The molecule has 4 nitrogen and oxygen atoms in total. The van der Waals surface area contributed by atoms with Gasteiger partial charge >= 0.3 is 0 Å². The molecule has 0 amide bonds. The summed E-state index contributed by atoms with van der Waals surface area (Å²) in [6.45, 7) is 6.84. The van der Waals surface area contributed by atoms with Crippen LogP contribution in [0.15, 0.2) is 11.4 Å². The fourth-order valence-electron chi connectivity index (χ4n) is 2.13. The van der Waals surface area contributed by atoms with Gasteiger partial charge in [0.05, 0.1) is 11.5 Å². The van der Waals surface area contributed by atoms with Gasteiger partial charge < -0.3 is 10.4 Å². The maximum absolute atomic E-state index is 9.39. The van der Waals surface area contributed by atoms with Crippen LogP contribution in [0.4, 0.5) is 5.82 Å². The first kappa shape index (κ1) is 14.2. The molecule has 0 saturated carbocycles. The van der Waals surface area contributed by atoms with Crippen LogP contribution in [-0.2, 0) is 6.42 Å². The number of nitrogens with zero attached hydrogens (tertiary/aromatic N) is 2. The molecule has 0 aliphatic rings. The molecule has 2 atom stereocenters. The van der Waals surface area contributed by atoms with Crippen LogP contribution in [0.3, 0.4) is 0 Å². The van der Waals surface area contributed by atoms with Crippen molar-refractivity contribution >= 4 is 27.4 Å². The van der Waals surface area contributed by atoms with E-state index in [2.05, 4.69) is 35.2 Å². The fraction of sp³-hybridized carbons (Fsp3) is 0.571. The molecule has 0 aliphatic carbocycles. The normalized spacial score (nSPS) is 14.5. The van der Waals surface area contributed by atoms with E-state index in [1.807, 2.05) is 12.3 Å². The van der Waals surface area contributed by atoms with Crippen molar-refractivity contribution in [2.24, 2.45) is 5.92 Å². The standard InChI is InChI=1S/C14H21N3OS/c1-4-12-16-13(11-5-6-19-14(11)17-12)15-8-9(2)7-10(3)18/h5-6,9-10,18H,4,7-8H2,1-3H3,(H,15,16,17). The van der Waals surface area contributed by atoms with Crippen LogP contribution in [0.25, 0.3) is 10.2 Å². The van der Waals surface area contributed by atoms with Gasteiger partial charge in [0.2, 0.25) is 0 Å². The first-order valence-corrected chi connectivity index (χ1v) is 7.64. The van der Waals surface area contributed by atoms with E-state index < -0.39 is 0 Å². The van der Waals surface area contributed by atoms with E-state index in [9.17, 15) is 5.11 Å². The summed E-state index contributed by atoms with van der Waals surface area (Å²) < 4.78 is 0. The van der Waals surface area contributed by atoms with E-state index in [4.69, 9.17) is 0 Å². The molecule has 104 valence electrons. The quantitative estimate of drug-likeness (QED) is 0.853. The van der Waals surface area contributed by atoms with Gasteiger partial charge in [-0.1, -0.05) is 13.8 Å². The summed E-state index contributed by atoms with van der Waals surface area (Å²) in [7, 11) is 0. The van der Waals surface area contributed by atoms with Gasteiger partial charge in [-0.3, -0.25) is 0 Å². The van der Waals surface area contributed by atoms with Gasteiger partial charge in [-0.2, -0.15) is 0 Å². The largest absolute Gasteiger partial charge is 0.393 e. The van der Waals surface area contributed by atoms with Crippen molar-refractivity contribution < 1.29 is 5.11 Å². The summed E-state index contributed by atoms with van der Waals surface area (Å²) in [5.74, 6) is 2.20. The molecular weight excluding hydrogens is 258 g/mol. The van der Waals surface area contributed by atoms with Gasteiger partial charge in [0, 0.05) is 13.0 Å². The third-order valence-electron chi connectivity index (χ3n) is 3.05. The number of anilines is 1. The Morgan fingerprint density at radius 2 is 2.16 bits per heavy atom. The predicted octanol–water partition coefficient (Wildman–Crippen LogP) is 3.07. The van der Waals surface area contributed by atoms with Crippen molar-refractivity contribution in [1.29, 1.82) is 0 Å². The van der Waals surface area contributed by atoms with Crippen molar-refractivity contribution in [1.82, 2.24) is 9.97 Å². The van der Waals surface area contributed by atoms with Crippen LogP contribution in [0, 0.1) is 5.92 Å². The van der Waals surface area contributed by atoms with Gasteiger partial charge in [0.25, 0.3) is 0 Å². The minimum atomic E-state index is -0.255. The molecule has 2 rings (SSSR count). The molecule has 2 heterocycles. The van der Waals surface area contributed by atoms with Crippen LogP contribution < -0.4 is 5.32 Å². The zero-order chi connectivity index (χ0) is 13.8. The number of aromatic nitrogens is 2.